The van der Waals surface area contributed by atoms with E-state index in [1.54, 1.807) is 0 Å². The van der Waals surface area contributed by atoms with Crippen LogP contribution in [0.15, 0.2) is 18.2 Å². The van der Waals surface area contributed by atoms with Gasteiger partial charge < -0.3 is 0 Å². The maximum atomic E-state index is 12.7. The van der Waals surface area contributed by atoms with Crippen LogP contribution in [0.4, 0.5) is 8.78 Å². The molecule has 1 aromatic carbocycles. The van der Waals surface area contributed by atoms with Gasteiger partial charge in [0, 0.05) is 23.9 Å². The van der Waals surface area contributed by atoms with Gasteiger partial charge >= 0.3 is 0 Å². The number of ketones is 1. The lowest BCUT2D eigenvalue weighted by molar-refractivity contribution is 0.0981. The van der Waals surface area contributed by atoms with E-state index in [1.165, 1.54) is 0 Å². The number of hydrogen-bond acceptors (Lipinski definition) is 1. The Balaban J connectivity index is 2.79. The van der Waals surface area contributed by atoms with Crippen LogP contribution >= 0.6 is 11.6 Å². The fraction of sp³-hybridized carbons (Fsp3) is 0.300. The van der Waals surface area contributed by atoms with E-state index in [0.29, 0.717) is 12.3 Å². The third-order valence-electron chi connectivity index (χ3n) is 1.72. The highest BCUT2D eigenvalue weighted by Gasteiger charge is 2.08. The smallest absolute Gasteiger partial charge is 0.163 e. The molecule has 0 saturated heterocycles. The standard InChI is InChI=1S/C10H9ClF2O/c11-3-1-2-10(14)7-4-8(12)6-9(13)5-7/h4-6H,1-3H2. The average Bonchev–Trinajstić information content (AvgIpc) is 2.12. The Labute approximate surface area is 85.7 Å². The lowest BCUT2D eigenvalue weighted by atomic mass is 10.1. The molecule has 0 aliphatic carbocycles. The zero-order valence-electron chi connectivity index (χ0n) is 7.40. The molecule has 0 radical (unpaired) electrons. The highest BCUT2D eigenvalue weighted by Crippen LogP contribution is 2.11. The van der Waals surface area contributed by atoms with Gasteiger partial charge in [-0.1, -0.05) is 0 Å². The van der Waals surface area contributed by atoms with Gasteiger partial charge in [0.15, 0.2) is 5.78 Å². The first-order valence-electron chi connectivity index (χ1n) is 4.18. The van der Waals surface area contributed by atoms with Crippen LogP contribution < -0.4 is 0 Å². The van der Waals surface area contributed by atoms with Crippen LogP contribution in [0.5, 0.6) is 0 Å². The maximum Gasteiger partial charge on any atom is 0.163 e. The molecule has 1 nitrogen and oxygen atoms in total. The molecule has 0 spiro atoms. The number of rotatable bonds is 4. The molecule has 76 valence electrons. The molecule has 0 heterocycles. The summed E-state index contributed by atoms with van der Waals surface area (Å²) in [6.07, 6.45) is 0.727. The van der Waals surface area contributed by atoms with Crippen molar-refractivity contribution in [3.05, 3.63) is 35.4 Å². The highest BCUT2D eigenvalue weighted by atomic mass is 35.5. The van der Waals surface area contributed by atoms with Crippen molar-refractivity contribution in [2.45, 2.75) is 12.8 Å². The van der Waals surface area contributed by atoms with E-state index in [4.69, 9.17) is 11.6 Å². The number of hydrogen-bond donors (Lipinski definition) is 0. The van der Waals surface area contributed by atoms with Crippen molar-refractivity contribution >= 4 is 17.4 Å². The van der Waals surface area contributed by atoms with E-state index in [9.17, 15) is 13.6 Å². The van der Waals surface area contributed by atoms with E-state index in [0.717, 1.165) is 18.2 Å². The normalized spacial score (nSPS) is 10.2. The summed E-state index contributed by atoms with van der Waals surface area (Å²) in [5.41, 5.74) is 0.0626. The molecule has 0 N–H and O–H groups in total. The summed E-state index contributed by atoms with van der Waals surface area (Å²) in [7, 11) is 0. The zero-order valence-corrected chi connectivity index (χ0v) is 8.15. The predicted octanol–water partition coefficient (Wildman–Crippen LogP) is 3.17. The zero-order chi connectivity index (χ0) is 10.6. The third-order valence-corrected chi connectivity index (χ3v) is 1.99. The Kier molecular flexibility index (Phi) is 4.01. The van der Waals surface area contributed by atoms with Crippen LogP contribution in [-0.2, 0) is 0 Å². The van der Waals surface area contributed by atoms with Crippen LogP contribution in [0.3, 0.4) is 0 Å². The Hall–Kier alpha value is -0.960. The molecular formula is C10H9ClF2O. The average molecular weight is 219 g/mol. The van der Waals surface area contributed by atoms with E-state index in [-0.39, 0.29) is 17.8 Å². The topological polar surface area (TPSA) is 17.1 Å². The Morgan fingerprint density at radius 2 is 1.79 bits per heavy atom. The molecule has 1 aromatic rings. The van der Waals surface area contributed by atoms with Crippen molar-refractivity contribution in [2.24, 2.45) is 0 Å². The van der Waals surface area contributed by atoms with Gasteiger partial charge in [-0.05, 0) is 18.6 Å². The first kappa shape index (κ1) is 11.1. The van der Waals surface area contributed by atoms with E-state index in [2.05, 4.69) is 0 Å². The van der Waals surface area contributed by atoms with E-state index < -0.39 is 11.6 Å². The van der Waals surface area contributed by atoms with Crippen molar-refractivity contribution in [3.8, 4) is 0 Å². The Bertz CT molecular complexity index is 319. The summed E-state index contributed by atoms with van der Waals surface area (Å²) in [6, 6.07) is 2.79. The van der Waals surface area contributed by atoms with Crippen LogP contribution in [-0.4, -0.2) is 11.7 Å². The first-order valence-corrected chi connectivity index (χ1v) is 4.72. The molecule has 0 aliphatic rings. The summed E-state index contributed by atoms with van der Waals surface area (Å²) in [6.45, 7) is 0. The number of carbonyl (C=O) groups is 1. The number of halogens is 3. The van der Waals surface area contributed by atoms with E-state index >= 15 is 0 Å². The fourth-order valence-electron chi connectivity index (χ4n) is 1.09. The summed E-state index contributed by atoms with van der Waals surface area (Å²) in [5.74, 6) is -1.40. The van der Waals surface area contributed by atoms with Gasteiger partial charge in [0.2, 0.25) is 0 Å². The Morgan fingerprint density at radius 1 is 1.21 bits per heavy atom. The summed E-state index contributed by atoms with van der Waals surface area (Å²) < 4.78 is 25.4. The molecule has 0 atom stereocenters. The summed E-state index contributed by atoms with van der Waals surface area (Å²) in [4.78, 5) is 11.3. The fourth-order valence-corrected chi connectivity index (χ4v) is 1.22. The molecule has 0 unspecified atom stereocenters. The Morgan fingerprint density at radius 3 is 2.29 bits per heavy atom. The second-order valence-corrected chi connectivity index (χ2v) is 3.25. The first-order chi connectivity index (χ1) is 6.63. The van der Waals surface area contributed by atoms with Crippen LogP contribution in [0.2, 0.25) is 0 Å². The minimum atomic E-state index is -0.737. The van der Waals surface area contributed by atoms with Gasteiger partial charge in [-0.2, -0.15) is 0 Å². The number of alkyl halides is 1. The van der Waals surface area contributed by atoms with Gasteiger partial charge in [0.25, 0.3) is 0 Å². The molecule has 0 saturated carbocycles. The van der Waals surface area contributed by atoms with Crippen molar-refractivity contribution in [1.82, 2.24) is 0 Å². The van der Waals surface area contributed by atoms with Gasteiger partial charge in [0.05, 0.1) is 0 Å². The molecule has 0 aliphatic heterocycles. The van der Waals surface area contributed by atoms with Gasteiger partial charge in [-0.15, -0.1) is 11.6 Å². The van der Waals surface area contributed by atoms with Crippen LogP contribution in [0, 0.1) is 11.6 Å². The number of carbonyl (C=O) groups excluding carboxylic acids is 1. The van der Waals surface area contributed by atoms with Crippen molar-refractivity contribution in [2.75, 3.05) is 5.88 Å². The predicted molar refractivity (Wildman–Crippen MR) is 50.6 cm³/mol. The lowest BCUT2D eigenvalue weighted by Crippen LogP contribution is -2.00. The SMILES string of the molecule is O=C(CCCCl)c1cc(F)cc(F)c1. The molecular weight excluding hydrogens is 210 g/mol. The molecule has 4 heteroatoms. The molecule has 1 rings (SSSR count). The lowest BCUT2D eigenvalue weighted by Gasteiger charge is -2.00. The second-order valence-electron chi connectivity index (χ2n) is 2.87. The van der Waals surface area contributed by atoms with Crippen molar-refractivity contribution < 1.29 is 13.6 Å². The highest BCUT2D eigenvalue weighted by molar-refractivity contribution is 6.18. The molecule has 0 amide bonds. The largest absolute Gasteiger partial charge is 0.294 e. The molecule has 0 fully saturated rings. The van der Waals surface area contributed by atoms with Gasteiger partial charge in [-0.25, -0.2) is 8.78 Å². The number of benzene rings is 1. The molecule has 0 bridgehead atoms. The third kappa shape index (κ3) is 3.07. The quantitative estimate of drug-likeness (QED) is 0.561. The second kappa shape index (κ2) is 5.05. The summed E-state index contributed by atoms with van der Waals surface area (Å²) in [5, 5.41) is 0. The van der Waals surface area contributed by atoms with Gasteiger partial charge in [-0.3, -0.25) is 4.79 Å². The monoisotopic (exact) mass is 218 g/mol. The van der Waals surface area contributed by atoms with Crippen LogP contribution in [0.1, 0.15) is 23.2 Å². The van der Waals surface area contributed by atoms with Gasteiger partial charge in [0.1, 0.15) is 11.6 Å². The molecule has 0 aromatic heterocycles. The van der Waals surface area contributed by atoms with Crippen molar-refractivity contribution in [3.63, 3.8) is 0 Å². The maximum absolute atomic E-state index is 12.7. The van der Waals surface area contributed by atoms with E-state index in [1.807, 2.05) is 0 Å². The number of Topliss-reactive ketones (excluding diaryl/α,β-unsaturated/α-hetero) is 1. The molecule has 14 heavy (non-hydrogen) atoms. The van der Waals surface area contributed by atoms with Crippen LogP contribution in [0.25, 0.3) is 0 Å². The minimum Gasteiger partial charge on any atom is -0.294 e. The van der Waals surface area contributed by atoms with Crippen molar-refractivity contribution in [1.29, 1.82) is 0 Å². The minimum absolute atomic E-state index is 0.0626. The summed E-state index contributed by atoms with van der Waals surface area (Å²) >= 11 is 5.40.